The average Bonchev–Trinajstić information content (AvgIpc) is 2.32. The van der Waals surface area contributed by atoms with Crippen LogP contribution in [0.5, 0.6) is 0 Å². The van der Waals surface area contributed by atoms with Gasteiger partial charge in [0.1, 0.15) is 5.82 Å². The molecule has 0 saturated carbocycles. The molecular weight excluding hydrogens is 311 g/mol. The normalized spacial score (nSPS) is 10.3. The quantitative estimate of drug-likeness (QED) is 0.828. The molecule has 2 aromatic rings. The molecule has 19 heavy (non-hydrogen) atoms. The van der Waals surface area contributed by atoms with Gasteiger partial charge in [-0.25, -0.2) is 4.39 Å². The van der Waals surface area contributed by atoms with Crippen molar-refractivity contribution >= 4 is 33.2 Å². The van der Waals surface area contributed by atoms with Gasteiger partial charge >= 0.3 is 0 Å². The maximum atomic E-state index is 13.2. The van der Waals surface area contributed by atoms with Gasteiger partial charge in [0.2, 0.25) is 0 Å². The average molecular weight is 323 g/mol. The van der Waals surface area contributed by atoms with Crippen molar-refractivity contribution in [2.24, 2.45) is 0 Å². The van der Waals surface area contributed by atoms with Crippen LogP contribution in [0.2, 0.25) is 0 Å². The second-order valence-corrected chi connectivity index (χ2v) is 5.06. The van der Waals surface area contributed by atoms with Crippen molar-refractivity contribution in [2.45, 2.75) is 6.92 Å². The second-order valence-electron chi connectivity index (χ2n) is 4.21. The van der Waals surface area contributed by atoms with E-state index in [4.69, 9.17) is 5.73 Å². The molecule has 0 aliphatic heterocycles. The van der Waals surface area contributed by atoms with Crippen LogP contribution >= 0.6 is 15.9 Å². The van der Waals surface area contributed by atoms with Crippen molar-refractivity contribution in [1.29, 1.82) is 0 Å². The molecule has 0 spiro atoms. The van der Waals surface area contributed by atoms with E-state index in [9.17, 15) is 9.18 Å². The molecule has 0 aliphatic carbocycles. The molecule has 0 atom stereocenters. The van der Waals surface area contributed by atoms with Crippen LogP contribution in [-0.4, -0.2) is 5.91 Å². The Kier molecular flexibility index (Phi) is 3.85. The van der Waals surface area contributed by atoms with E-state index in [1.54, 1.807) is 31.2 Å². The lowest BCUT2D eigenvalue weighted by Gasteiger charge is -2.07. The minimum atomic E-state index is -0.427. The van der Waals surface area contributed by atoms with Gasteiger partial charge in [-0.05, 0) is 64.8 Å². The fourth-order valence-electron chi connectivity index (χ4n) is 1.68. The summed E-state index contributed by atoms with van der Waals surface area (Å²) in [4.78, 5) is 12.0. The second kappa shape index (κ2) is 5.40. The van der Waals surface area contributed by atoms with Crippen LogP contribution in [0.4, 0.5) is 15.8 Å². The summed E-state index contributed by atoms with van der Waals surface area (Å²) in [5.41, 5.74) is 7.82. The van der Waals surface area contributed by atoms with Gasteiger partial charge in [-0.3, -0.25) is 4.79 Å². The summed E-state index contributed by atoms with van der Waals surface area (Å²) >= 11 is 3.28. The van der Waals surface area contributed by atoms with Crippen molar-refractivity contribution in [3.8, 4) is 0 Å². The third kappa shape index (κ3) is 3.32. The number of rotatable bonds is 2. The Hall–Kier alpha value is -1.88. The van der Waals surface area contributed by atoms with Crippen molar-refractivity contribution in [2.75, 3.05) is 11.1 Å². The predicted molar refractivity (Wildman–Crippen MR) is 77.6 cm³/mol. The fourth-order valence-corrected chi connectivity index (χ4v) is 2.05. The summed E-state index contributed by atoms with van der Waals surface area (Å²) < 4.78 is 13.9. The Morgan fingerprint density at radius 3 is 2.63 bits per heavy atom. The smallest absolute Gasteiger partial charge is 0.255 e. The molecular formula is C14H12BrFN2O. The van der Waals surface area contributed by atoms with E-state index < -0.39 is 5.82 Å². The highest BCUT2D eigenvalue weighted by Crippen LogP contribution is 2.23. The SMILES string of the molecule is Cc1cc(F)cc(C(=O)Nc2ccc(N)c(Br)c2)c1. The standard InChI is InChI=1S/C14H12BrFN2O/c1-8-4-9(6-10(16)5-8)14(19)18-11-2-3-13(17)12(15)7-11/h2-7H,17H2,1H3,(H,18,19). The number of carbonyl (C=O) groups is 1. The van der Waals surface area contributed by atoms with Crippen LogP contribution in [0.25, 0.3) is 0 Å². The first-order valence-corrected chi connectivity index (χ1v) is 6.38. The third-order valence-electron chi connectivity index (χ3n) is 2.56. The van der Waals surface area contributed by atoms with E-state index in [2.05, 4.69) is 21.2 Å². The first-order chi connectivity index (χ1) is 8.95. The van der Waals surface area contributed by atoms with Gasteiger partial charge in [-0.2, -0.15) is 0 Å². The van der Waals surface area contributed by atoms with Gasteiger partial charge in [-0.1, -0.05) is 0 Å². The monoisotopic (exact) mass is 322 g/mol. The van der Waals surface area contributed by atoms with Gasteiger partial charge in [0.25, 0.3) is 5.91 Å². The molecule has 3 N–H and O–H groups in total. The van der Waals surface area contributed by atoms with Crippen LogP contribution in [0.15, 0.2) is 40.9 Å². The molecule has 0 radical (unpaired) electrons. The van der Waals surface area contributed by atoms with Crippen LogP contribution in [0.3, 0.4) is 0 Å². The molecule has 2 aromatic carbocycles. The van der Waals surface area contributed by atoms with Gasteiger partial charge in [0, 0.05) is 21.4 Å². The molecule has 0 fully saturated rings. The predicted octanol–water partition coefficient (Wildman–Crippen LogP) is 3.73. The number of benzene rings is 2. The summed E-state index contributed by atoms with van der Waals surface area (Å²) in [6.07, 6.45) is 0. The molecule has 0 aromatic heterocycles. The number of aryl methyl sites for hydroxylation is 1. The highest BCUT2D eigenvalue weighted by Gasteiger charge is 2.09. The maximum absolute atomic E-state index is 13.2. The summed E-state index contributed by atoms with van der Waals surface area (Å²) in [6.45, 7) is 1.74. The van der Waals surface area contributed by atoms with Crippen LogP contribution in [-0.2, 0) is 0 Å². The molecule has 1 amide bonds. The molecule has 0 aliphatic rings. The van der Waals surface area contributed by atoms with Crippen LogP contribution in [0.1, 0.15) is 15.9 Å². The number of carbonyl (C=O) groups excluding carboxylic acids is 1. The number of hydrogen-bond donors (Lipinski definition) is 2. The third-order valence-corrected chi connectivity index (χ3v) is 3.25. The van der Waals surface area contributed by atoms with Gasteiger partial charge < -0.3 is 11.1 Å². The Balaban J connectivity index is 2.22. The number of hydrogen-bond acceptors (Lipinski definition) is 2. The molecule has 98 valence electrons. The Morgan fingerprint density at radius 1 is 1.26 bits per heavy atom. The van der Waals surface area contributed by atoms with Gasteiger partial charge in [0.15, 0.2) is 0 Å². The zero-order valence-corrected chi connectivity index (χ0v) is 11.8. The number of nitrogens with two attached hydrogens (primary N) is 1. The summed E-state index contributed by atoms with van der Waals surface area (Å²) in [6, 6.07) is 9.26. The Labute approximate surface area is 118 Å². The lowest BCUT2D eigenvalue weighted by atomic mass is 10.1. The van der Waals surface area contributed by atoms with E-state index in [0.717, 1.165) is 0 Å². The highest BCUT2D eigenvalue weighted by atomic mass is 79.9. The number of nitrogens with one attached hydrogen (secondary N) is 1. The molecule has 0 heterocycles. The van der Waals surface area contributed by atoms with Gasteiger partial charge in [0.05, 0.1) is 0 Å². The Bertz CT molecular complexity index is 623. The number of nitrogen functional groups attached to an aromatic ring is 1. The summed E-state index contributed by atoms with van der Waals surface area (Å²) in [5, 5.41) is 2.69. The lowest BCUT2D eigenvalue weighted by Crippen LogP contribution is -2.12. The molecule has 0 unspecified atom stereocenters. The largest absolute Gasteiger partial charge is 0.398 e. The lowest BCUT2D eigenvalue weighted by molar-refractivity contribution is 0.102. The fraction of sp³-hybridized carbons (Fsp3) is 0.0714. The van der Waals surface area contributed by atoms with E-state index in [-0.39, 0.29) is 11.5 Å². The highest BCUT2D eigenvalue weighted by molar-refractivity contribution is 9.10. The maximum Gasteiger partial charge on any atom is 0.255 e. The molecule has 0 bridgehead atoms. The van der Waals surface area contributed by atoms with Crippen molar-refractivity contribution in [3.05, 3.63) is 57.8 Å². The van der Waals surface area contributed by atoms with Crippen molar-refractivity contribution in [1.82, 2.24) is 0 Å². The van der Waals surface area contributed by atoms with Crippen LogP contribution in [0, 0.1) is 12.7 Å². The van der Waals surface area contributed by atoms with E-state index in [1.165, 1.54) is 12.1 Å². The number of halogens is 2. The molecule has 2 rings (SSSR count). The number of anilines is 2. The van der Waals surface area contributed by atoms with Crippen LogP contribution < -0.4 is 11.1 Å². The van der Waals surface area contributed by atoms with Gasteiger partial charge in [-0.15, -0.1) is 0 Å². The summed E-state index contributed by atoms with van der Waals surface area (Å²) in [7, 11) is 0. The molecule has 5 heteroatoms. The first kappa shape index (κ1) is 13.5. The topological polar surface area (TPSA) is 55.1 Å². The summed E-state index contributed by atoms with van der Waals surface area (Å²) in [5.74, 6) is -0.789. The molecule has 3 nitrogen and oxygen atoms in total. The number of amides is 1. The molecule has 0 saturated heterocycles. The van der Waals surface area contributed by atoms with E-state index in [1.807, 2.05) is 0 Å². The zero-order valence-electron chi connectivity index (χ0n) is 10.2. The Morgan fingerprint density at radius 2 is 2.00 bits per heavy atom. The minimum Gasteiger partial charge on any atom is -0.398 e. The van der Waals surface area contributed by atoms with Crippen molar-refractivity contribution in [3.63, 3.8) is 0 Å². The van der Waals surface area contributed by atoms with E-state index in [0.29, 0.717) is 21.4 Å². The zero-order chi connectivity index (χ0) is 14.0. The first-order valence-electron chi connectivity index (χ1n) is 5.59. The van der Waals surface area contributed by atoms with Crippen molar-refractivity contribution < 1.29 is 9.18 Å². The van der Waals surface area contributed by atoms with E-state index >= 15 is 0 Å². The minimum absolute atomic E-state index is 0.283.